The molecule has 2 N–H and O–H groups in total. The molecule has 2 aromatic heterocycles. The molecule has 0 unspecified atom stereocenters. The Morgan fingerprint density at radius 3 is 2.71 bits per heavy atom. The summed E-state index contributed by atoms with van der Waals surface area (Å²) in [6, 6.07) is 7.64. The minimum absolute atomic E-state index is 0.108. The quantitative estimate of drug-likeness (QED) is 0.832. The molecule has 0 saturated heterocycles. The fraction of sp³-hybridized carbons (Fsp3) is 0.333. The van der Waals surface area contributed by atoms with Crippen LogP contribution in [0.2, 0.25) is 0 Å². The molecule has 0 aromatic carbocycles. The second-order valence-electron chi connectivity index (χ2n) is 7.04. The Morgan fingerprint density at radius 1 is 1.12 bits per heavy atom. The van der Waals surface area contributed by atoms with Crippen LogP contribution in [0.5, 0.6) is 0 Å². The van der Waals surface area contributed by atoms with Gasteiger partial charge < -0.3 is 10.6 Å². The van der Waals surface area contributed by atoms with Crippen molar-refractivity contribution < 1.29 is 9.59 Å². The lowest BCUT2D eigenvalue weighted by molar-refractivity contribution is -0.118. The van der Waals surface area contributed by atoms with E-state index >= 15 is 0 Å². The monoisotopic (exact) mass is 358 g/mol. The van der Waals surface area contributed by atoms with Crippen LogP contribution in [0, 0.1) is 5.41 Å². The van der Waals surface area contributed by atoms with E-state index in [1.54, 1.807) is 22.7 Å². The summed E-state index contributed by atoms with van der Waals surface area (Å²) in [5.41, 5.74) is 1.41. The molecule has 6 heteroatoms. The van der Waals surface area contributed by atoms with Gasteiger partial charge in [0.2, 0.25) is 0 Å². The first-order chi connectivity index (χ1) is 11.4. The van der Waals surface area contributed by atoms with Crippen LogP contribution < -0.4 is 10.6 Å². The maximum absolute atomic E-state index is 12.7. The van der Waals surface area contributed by atoms with Crippen molar-refractivity contribution in [2.75, 3.05) is 0 Å². The fourth-order valence-electron chi connectivity index (χ4n) is 3.43. The van der Waals surface area contributed by atoms with Gasteiger partial charge in [-0.15, -0.1) is 22.7 Å². The number of rotatable bonds is 2. The number of urea groups is 1. The molecule has 1 aliphatic heterocycles. The highest BCUT2D eigenvalue weighted by Crippen LogP contribution is 2.43. The Morgan fingerprint density at radius 2 is 1.96 bits per heavy atom. The van der Waals surface area contributed by atoms with E-state index in [1.165, 1.54) is 9.75 Å². The number of carbonyl (C=O) groups is 2. The molecule has 24 heavy (non-hydrogen) atoms. The predicted octanol–water partition coefficient (Wildman–Crippen LogP) is 4.47. The number of amides is 2. The molecular weight excluding hydrogens is 340 g/mol. The van der Waals surface area contributed by atoms with Crippen LogP contribution in [-0.2, 0) is 4.79 Å². The van der Waals surface area contributed by atoms with Gasteiger partial charge in [-0.3, -0.25) is 4.79 Å². The van der Waals surface area contributed by atoms with Gasteiger partial charge in [0.1, 0.15) is 0 Å². The molecule has 0 fully saturated rings. The molecule has 3 heterocycles. The molecule has 1 aliphatic carbocycles. The summed E-state index contributed by atoms with van der Waals surface area (Å²) in [5, 5.41) is 7.84. The lowest BCUT2D eigenvalue weighted by Gasteiger charge is -2.37. The molecule has 4 rings (SSSR count). The number of ketones is 1. The average molecular weight is 358 g/mol. The highest BCUT2D eigenvalue weighted by atomic mass is 32.1. The van der Waals surface area contributed by atoms with Gasteiger partial charge in [0, 0.05) is 32.3 Å². The largest absolute Gasteiger partial charge is 0.326 e. The molecule has 0 spiro atoms. The molecule has 0 bridgehead atoms. The SMILES string of the molecule is CC1(C)CC(=O)C2=C(C1)NC(=O)N[C@@H]2c1ccc(-c2cccs2)s1. The minimum atomic E-state index is -0.337. The Hall–Kier alpha value is -1.92. The molecule has 2 aliphatic rings. The highest BCUT2D eigenvalue weighted by Gasteiger charge is 2.40. The minimum Gasteiger partial charge on any atom is -0.326 e. The summed E-state index contributed by atoms with van der Waals surface area (Å²) in [5.74, 6) is 0.129. The predicted molar refractivity (Wildman–Crippen MR) is 97.1 cm³/mol. The molecule has 0 radical (unpaired) electrons. The third-order valence-electron chi connectivity index (χ3n) is 4.42. The van der Waals surface area contributed by atoms with E-state index in [9.17, 15) is 9.59 Å². The smallest absolute Gasteiger partial charge is 0.319 e. The number of hydrogen-bond acceptors (Lipinski definition) is 4. The van der Waals surface area contributed by atoms with E-state index in [0.29, 0.717) is 6.42 Å². The lowest BCUT2D eigenvalue weighted by Crippen LogP contribution is -2.48. The summed E-state index contributed by atoms with van der Waals surface area (Å²) in [4.78, 5) is 28.2. The number of hydrogen-bond donors (Lipinski definition) is 2. The molecule has 2 amide bonds. The molecule has 4 nitrogen and oxygen atoms in total. The van der Waals surface area contributed by atoms with E-state index in [-0.39, 0.29) is 23.3 Å². The Kier molecular flexibility index (Phi) is 3.62. The van der Waals surface area contributed by atoms with Crippen molar-refractivity contribution in [3.05, 3.63) is 45.8 Å². The zero-order valence-electron chi connectivity index (χ0n) is 13.5. The van der Waals surface area contributed by atoms with Crippen molar-refractivity contribution in [2.45, 2.75) is 32.7 Å². The molecule has 0 saturated carbocycles. The topological polar surface area (TPSA) is 58.2 Å². The van der Waals surface area contributed by atoms with Crippen molar-refractivity contribution in [1.29, 1.82) is 0 Å². The van der Waals surface area contributed by atoms with Gasteiger partial charge >= 0.3 is 6.03 Å². The van der Waals surface area contributed by atoms with Crippen LogP contribution in [0.3, 0.4) is 0 Å². The van der Waals surface area contributed by atoms with Crippen LogP contribution in [-0.4, -0.2) is 11.8 Å². The van der Waals surface area contributed by atoms with Crippen molar-refractivity contribution >= 4 is 34.5 Å². The molecule has 1 atom stereocenters. The second-order valence-corrected chi connectivity index (χ2v) is 9.11. The van der Waals surface area contributed by atoms with Gasteiger partial charge in [0.05, 0.1) is 6.04 Å². The number of carbonyl (C=O) groups excluding carboxylic acids is 2. The first-order valence-corrected chi connectivity index (χ1v) is 9.60. The van der Waals surface area contributed by atoms with Gasteiger partial charge in [0.15, 0.2) is 5.78 Å². The Labute approximate surface area is 148 Å². The van der Waals surface area contributed by atoms with Crippen LogP contribution in [0.25, 0.3) is 9.75 Å². The van der Waals surface area contributed by atoms with E-state index in [0.717, 1.165) is 22.6 Å². The number of nitrogens with one attached hydrogen (secondary N) is 2. The molecule has 124 valence electrons. The number of thiophene rings is 2. The zero-order chi connectivity index (χ0) is 16.9. The summed E-state index contributed by atoms with van der Waals surface area (Å²) >= 11 is 3.33. The maximum atomic E-state index is 12.7. The first-order valence-electron chi connectivity index (χ1n) is 7.90. The van der Waals surface area contributed by atoms with Gasteiger partial charge in [-0.1, -0.05) is 19.9 Å². The van der Waals surface area contributed by atoms with Crippen molar-refractivity contribution in [3.8, 4) is 9.75 Å². The summed E-state index contributed by atoms with van der Waals surface area (Å²) in [6.45, 7) is 4.13. The first kappa shape index (κ1) is 15.6. The highest BCUT2D eigenvalue weighted by molar-refractivity contribution is 7.21. The van der Waals surface area contributed by atoms with Crippen LogP contribution >= 0.6 is 22.7 Å². The number of allylic oxidation sites excluding steroid dienone is 1. The van der Waals surface area contributed by atoms with Gasteiger partial charge in [-0.25, -0.2) is 4.79 Å². The summed E-state index contributed by atoms with van der Waals surface area (Å²) in [7, 11) is 0. The Balaban J connectivity index is 1.74. The van der Waals surface area contributed by atoms with E-state index in [2.05, 4.69) is 42.0 Å². The normalized spacial score (nSPS) is 22.8. The summed E-state index contributed by atoms with van der Waals surface area (Å²) < 4.78 is 0. The van der Waals surface area contributed by atoms with E-state index in [4.69, 9.17) is 0 Å². The van der Waals surface area contributed by atoms with Crippen LogP contribution in [0.15, 0.2) is 40.9 Å². The zero-order valence-corrected chi connectivity index (χ0v) is 15.1. The number of Topliss-reactive ketones (excluding diaryl/α,β-unsaturated/α-hetero) is 1. The van der Waals surface area contributed by atoms with Crippen LogP contribution in [0.1, 0.15) is 37.6 Å². The average Bonchev–Trinajstić information content (AvgIpc) is 3.16. The summed E-state index contributed by atoms with van der Waals surface area (Å²) in [6.07, 6.45) is 1.24. The van der Waals surface area contributed by atoms with Gasteiger partial charge in [-0.2, -0.15) is 0 Å². The fourth-order valence-corrected chi connectivity index (χ4v) is 5.33. The maximum Gasteiger partial charge on any atom is 0.319 e. The molecular formula is C18H18N2O2S2. The van der Waals surface area contributed by atoms with E-state index in [1.807, 2.05) is 12.1 Å². The third kappa shape index (κ3) is 2.70. The molecule has 2 aromatic rings. The van der Waals surface area contributed by atoms with Gasteiger partial charge in [-0.05, 0) is 35.4 Å². The van der Waals surface area contributed by atoms with E-state index < -0.39 is 0 Å². The van der Waals surface area contributed by atoms with Crippen molar-refractivity contribution in [3.63, 3.8) is 0 Å². The van der Waals surface area contributed by atoms with Crippen molar-refractivity contribution in [2.24, 2.45) is 5.41 Å². The standard InChI is InChI=1S/C18H18N2O2S2/c1-18(2)8-10-15(11(21)9-18)16(20-17(22)19-10)14-6-5-13(24-14)12-4-3-7-23-12/h3-7,16H,8-9H2,1-2H3,(H2,19,20,22)/t16-/m1/s1. The third-order valence-corrected chi connectivity index (χ3v) is 6.64. The second kappa shape index (κ2) is 5.57. The lowest BCUT2D eigenvalue weighted by atomic mass is 9.73. The van der Waals surface area contributed by atoms with Crippen LogP contribution in [0.4, 0.5) is 4.79 Å². The van der Waals surface area contributed by atoms with Gasteiger partial charge in [0.25, 0.3) is 0 Å². The van der Waals surface area contributed by atoms with Crippen molar-refractivity contribution in [1.82, 2.24) is 10.6 Å². The Bertz CT molecular complexity index is 846.